The lowest BCUT2D eigenvalue weighted by Crippen LogP contribution is -2.37. The van der Waals surface area contributed by atoms with Gasteiger partial charge in [-0.25, -0.2) is 0 Å². The van der Waals surface area contributed by atoms with E-state index in [2.05, 4.69) is 48.8 Å². The van der Waals surface area contributed by atoms with Crippen LogP contribution in [0.1, 0.15) is 31.4 Å². The maximum atomic E-state index is 5.93. The third-order valence-electron chi connectivity index (χ3n) is 4.33. The number of hydrogen-bond acceptors (Lipinski definition) is 2. The van der Waals surface area contributed by atoms with Gasteiger partial charge in [0.1, 0.15) is 0 Å². The van der Waals surface area contributed by atoms with Crippen molar-refractivity contribution >= 4 is 17.3 Å². The summed E-state index contributed by atoms with van der Waals surface area (Å²) < 4.78 is 0. The van der Waals surface area contributed by atoms with E-state index in [-0.39, 0.29) is 0 Å². The fraction of sp³-hybridized carbons (Fsp3) is 0.625. The first-order valence-electron chi connectivity index (χ1n) is 7.34. The molecule has 1 saturated heterocycles. The van der Waals surface area contributed by atoms with Crippen LogP contribution in [0, 0.1) is 6.92 Å². The quantitative estimate of drug-likeness (QED) is 0.760. The van der Waals surface area contributed by atoms with Crippen LogP contribution in [-0.4, -0.2) is 37.1 Å². The van der Waals surface area contributed by atoms with Gasteiger partial charge in [0.25, 0.3) is 0 Å². The minimum atomic E-state index is 0.605. The minimum absolute atomic E-state index is 0.605. The third kappa shape index (κ3) is 3.24. The second-order valence-electron chi connectivity index (χ2n) is 5.35. The van der Waals surface area contributed by atoms with Crippen LogP contribution in [0.2, 0.25) is 0 Å². The van der Waals surface area contributed by atoms with Crippen molar-refractivity contribution < 1.29 is 0 Å². The highest BCUT2D eigenvalue weighted by molar-refractivity contribution is 6.17. The molecule has 0 radical (unpaired) electrons. The summed E-state index contributed by atoms with van der Waals surface area (Å²) in [5, 5.41) is 0. The van der Waals surface area contributed by atoms with E-state index in [1.165, 1.54) is 29.8 Å². The molecule has 3 heteroatoms. The lowest BCUT2D eigenvalue weighted by atomic mass is 10.1. The molecule has 1 aliphatic heterocycles. The molecule has 1 fully saturated rings. The molecule has 0 saturated carbocycles. The number of halogens is 1. The Hall–Kier alpha value is -0.730. The molecular formula is C16H25ClN2. The summed E-state index contributed by atoms with van der Waals surface area (Å²) in [6.07, 6.45) is 1.28. The maximum Gasteiger partial charge on any atom is 0.0476 e. The summed E-state index contributed by atoms with van der Waals surface area (Å²) in [5.41, 5.74) is 3.89. The summed E-state index contributed by atoms with van der Waals surface area (Å²) in [7, 11) is 0. The zero-order valence-corrected chi connectivity index (χ0v) is 13.1. The summed E-state index contributed by atoms with van der Waals surface area (Å²) in [5.74, 6) is 0.605. The van der Waals surface area contributed by atoms with E-state index in [4.69, 9.17) is 11.6 Å². The Morgan fingerprint density at radius 1 is 1.32 bits per heavy atom. The van der Waals surface area contributed by atoms with Gasteiger partial charge in [-0.1, -0.05) is 19.9 Å². The van der Waals surface area contributed by atoms with Gasteiger partial charge in [0.15, 0.2) is 0 Å². The molecule has 0 bridgehead atoms. The number of aryl methyl sites for hydroxylation is 1. The van der Waals surface area contributed by atoms with Crippen molar-refractivity contribution in [1.29, 1.82) is 0 Å². The van der Waals surface area contributed by atoms with Gasteiger partial charge >= 0.3 is 0 Å². The lowest BCUT2D eigenvalue weighted by Gasteiger charge is -2.27. The monoisotopic (exact) mass is 280 g/mol. The highest BCUT2D eigenvalue weighted by Gasteiger charge is 2.26. The van der Waals surface area contributed by atoms with Gasteiger partial charge in [-0.05, 0) is 49.7 Å². The topological polar surface area (TPSA) is 6.48 Å². The smallest absolute Gasteiger partial charge is 0.0476 e. The maximum absolute atomic E-state index is 5.93. The number of benzene rings is 1. The molecular weight excluding hydrogens is 256 g/mol. The minimum Gasteiger partial charge on any atom is -0.370 e. The SMILES string of the molecule is CCN(CC)C1CCN(c2ccc(CCl)c(C)c2)C1. The van der Waals surface area contributed by atoms with Gasteiger partial charge in [0.05, 0.1) is 0 Å². The largest absolute Gasteiger partial charge is 0.370 e. The number of alkyl halides is 1. The first-order chi connectivity index (χ1) is 9.19. The number of anilines is 1. The Bertz CT molecular complexity index is 415. The zero-order chi connectivity index (χ0) is 13.8. The van der Waals surface area contributed by atoms with Gasteiger partial charge in [0, 0.05) is 30.7 Å². The number of likely N-dealkylation sites (N-methyl/N-ethyl adjacent to an activating group) is 1. The van der Waals surface area contributed by atoms with Crippen LogP contribution in [0.4, 0.5) is 5.69 Å². The van der Waals surface area contributed by atoms with Gasteiger partial charge in [-0.15, -0.1) is 11.6 Å². The van der Waals surface area contributed by atoms with Crippen LogP contribution in [-0.2, 0) is 5.88 Å². The zero-order valence-electron chi connectivity index (χ0n) is 12.3. The lowest BCUT2D eigenvalue weighted by molar-refractivity contribution is 0.232. The van der Waals surface area contributed by atoms with Crippen molar-refractivity contribution in [3.05, 3.63) is 29.3 Å². The molecule has 0 aromatic heterocycles. The molecule has 0 amide bonds. The number of nitrogens with zero attached hydrogens (tertiary/aromatic N) is 2. The molecule has 0 N–H and O–H groups in total. The predicted molar refractivity (Wildman–Crippen MR) is 84.3 cm³/mol. The van der Waals surface area contributed by atoms with E-state index in [0.717, 1.165) is 19.6 Å². The van der Waals surface area contributed by atoms with Crippen molar-refractivity contribution in [3.8, 4) is 0 Å². The summed E-state index contributed by atoms with van der Waals surface area (Å²) in [6.45, 7) is 11.3. The van der Waals surface area contributed by atoms with Crippen molar-refractivity contribution in [2.45, 2.75) is 39.1 Å². The Labute approximate surface area is 122 Å². The highest BCUT2D eigenvalue weighted by Crippen LogP contribution is 2.25. The molecule has 106 valence electrons. The molecule has 1 atom stereocenters. The molecule has 0 spiro atoms. The molecule has 1 unspecified atom stereocenters. The second kappa shape index (κ2) is 6.62. The summed E-state index contributed by atoms with van der Waals surface area (Å²) in [4.78, 5) is 5.08. The summed E-state index contributed by atoms with van der Waals surface area (Å²) >= 11 is 5.93. The molecule has 1 heterocycles. The van der Waals surface area contributed by atoms with Crippen LogP contribution >= 0.6 is 11.6 Å². The average Bonchev–Trinajstić information content (AvgIpc) is 2.90. The van der Waals surface area contributed by atoms with Gasteiger partial charge in [0.2, 0.25) is 0 Å². The van der Waals surface area contributed by atoms with Crippen LogP contribution in [0.3, 0.4) is 0 Å². The van der Waals surface area contributed by atoms with Crippen LogP contribution in [0.15, 0.2) is 18.2 Å². The first-order valence-corrected chi connectivity index (χ1v) is 7.87. The van der Waals surface area contributed by atoms with Crippen LogP contribution in [0.5, 0.6) is 0 Å². The van der Waals surface area contributed by atoms with E-state index in [0.29, 0.717) is 11.9 Å². The van der Waals surface area contributed by atoms with Crippen LogP contribution < -0.4 is 4.90 Å². The molecule has 1 aromatic rings. The standard InChI is InChI=1S/C16H25ClN2/c1-4-18(5-2)16-8-9-19(12-16)15-7-6-14(11-17)13(3)10-15/h6-7,10,16H,4-5,8-9,11-12H2,1-3H3. The number of rotatable bonds is 5. The Kier molecular flexibility index (Phi) is 5.12. The molecule has 0 aliphatic carbocycles. The fourth-order valence-corrected chi connectivity index (χ4v) is 3.34. The normalized spacial score (nSPS) is 19.4. The molecule has 2 rings (SSSR count). The van der Waals surface area contributed by atoms with E-state index in [9.17, 15) is 0 Å². The van der Waals surface area contributed by atoms with Crippen molar-refractivity contribution in [2.75, 3.05) is 31.1 Å². The van der Waals surface area contributed by atoms with E-state index in [1.807, 2.05) is 0 Å². The Morgan fingerprint density at radius 2 is 2.05 bits per heavy atom. The molecule has 19 heavy (non-hydrogen) atoms. The molecule has 1 aliphatic rings. The highest BCUT2D eigenvalue weighted by atomic mass is 35.5. The van der Waals surface area contributed by atoms with E-state index < -0.39 is 0 Å². The van der Waals surface area contributed by atoms with Gasteiger partial charge in [-0.3, -0.25) is 4.90 Å². The molecule has 2 nitrogen and oxygen atoms in total. The second-order valence-corrected chi connectivity index (χ2v) is 5.62. The molecule has 1 aromatic carbocycles. The predicted octanol–water partition coefficient (Wildman–Crippen LogP) is 3.65. The Morgan fingerprint density at radius 3 is 2.63 bits per heavy atom. The number of hydrogen-bond donors (Lipinski definition) is 0. The fourth-order valence-electron chi connectivity index (χ4n) is 3.04. The van der Waals surface area contributed by atoms with Crippen molar-refractivity contribution in [1.82, 2.24) is 4.90 Å². The van der Waals surface area contributed by atoms with E-state index in [1.54, 1.807) is 0 Å². The van der Waals surface area contributed by atoms with Gasteiger partial charge in [-0.2, -0.15) is 0 Å². The van der Waals surface area contributed by atoms with Crippen molar-refractivity contribution in [2.24, 2.45) is 0 Å². The van der Waals surface area contributed by atoms with E-state index >= 15 is 0 Å². The van der Waals surface area contributed by atoms with Gasteiger partial charge < -0.3 is 4.90 Å². The average molecular weight is 281 g/mol. The van der Waals surface area contributed by atoms with Crippen LogP contribution in [0.25, 0.3) is 0 Å². The summed E-state index contributed by atoms with van der Waals surface area (Å²) in [6, 6.07) is 7.38. The first kappa shape index (κ1) is 14.7. The Balaban J connectivity index is 2.06. The van der Waals surface area contributed by atoms with Crippen molar-refractivity contribution in [3.63, 3.8) is 0 Å². The third-order valence-corrected chi connectivity index (χ3v) is 4.62.